The van der Waals surface area contributed by atoms with Gasteiger partial charge in [-0.3, -0.25) is 0 Å². The van der Waals surface area contributed by atoms with Crippen molar-refractivity contribution in [3.8, 4) is 0 Å². The Morgan fingerprint density at radius 2 is 1.93 bits per heavy atom. The molecule has 3 atom stereocenters. The molecule has 0 aromatic rings. The Morgan fingerprint density at radius 3 is 2.53 bits per heavy atom. The SMILES string of the molecule is CC.COC(=O)C1C[C@@H]2CCCCC2[NH2+]1. The largest absolute Gasteiger partial charge is 0.465 e. The molecule has 1 heterocycles. The zero-order valence-corrected chi connectivity index (χ0v) is 10.2. The van der Waals surface area contributed by atoms with Gasteiger partial charge in [0.1, 0.15) is 0 Å². The van der Waals surface area contributed by atoms with Gasteiger partial charge in [0.15, 0.2) is 6.04 Å². The van der Waals surface area contributed by atoms with Gasteiger partial charge in [-0.15, -0.1) is 0 Å². The Morgan fingerprint density at radius 1 is 1.27 bits per heavy atom. The van der Waals surface area contributed by atoms with Gasteiger partial charge in [0.25, 0.3) is 0 Å². The molecule has 2 rings (SSSR count). The molecule has 0 spiro atoms. The number of hydrogen-bond donors (Lipinski definition) is 1. The molecule has 2 N–H and O–H groups in total. The molecule has 2 aliphatic rings. The van der Waals surface area contributed by atoms with E-state index in [0.717, 1.165) is 12.3 Å². The van der Waals surface area contributed by atoms with Crippen molar-refractivity contribution in [2.45, 2.75) is 58.0 Å². The zero-order chi connectivity index (χ0) is 11.3. The number of rotatable bonds is 1. The van der Waals surface area contributed by atoms with Crippen molar-refractivity contribution in [3.05, 3.63) is 0 Å². The second-order valence-electron chi connectivity index (χ2n) is 4.27. The number of hydrogen-bond acceptors (Lipinski definition) is 2. The monoisotopic (exact) mass is 214 g/mol. The lowest BCUT2D eigenvalue weighted by Gasteiger charge is -2.20. The third-order valence-electron chi connectivity index (χ3n) is 3.51. The first-order valence-corrected chi connectivity index (χ1v) is 6.24. The maximum Gasteiger partial charge on any atom is 0.364 e. The smallest absolute Gasteiger partial charge is 0.364 e. The van der Waals surface area contributed by atoms with E-state index < -0.39 is 0 Å². The van der Waals surface area contributed by atoms with Gasteiger partial charge < -0.3 is 10.1 Å². The van der Waals surface area contributed by atoms with E-state index in [-0.39, 0.29) is 12.0 Å². The number of esters is 1. The predicted molar refractivity (Wildman–Crippen MR) is 59.4 cm³/mol. The summed E-state index contributed by atoms with van der Waals surface area (Å²) in [7, 11) is 1.48. The molecule has 2 fully saturated rings. The number of ether oxygens (including phenoxy) is 1. The number of carbonyl (C=O) groups is 1. The highest BCUT2D eigenvalue weighted by atomic mass is 16.5. The molecule has 1 saturated heterocycles. The summed E-state index contributed by atoms with van der Waals surface area (Å²) in [4.78, 5) is 11.3. The van der Waals surface area contributed by atoms with Gasteiger partial charge in [0.05, 0.1) is 13.2 Å². The number of fused-ring (bicyclic) bond motifs is 1. The molecule has 0 amide bonds. The Labute approximate surface area is 92.6 Å². The lowest BCUT2D eigenvalue weighted by Crippen LogP contribution is -2.93. The molecule has 2 unspecified atom stereocenters. The normalized spacial score (nSPS) is 33.7. The lowest BCUT2D eigenvalue weighted by molar-refractivity contribution is -0.695. The summed E-state index contributed by atoms with van der Waals surface area (Å²) in [5.74, 6) is 0.743. The summed E-state index contributed by atoms with van der Waals surface area (Å²) in [5, 5.41) is 2.23. The van der Waals surface area contributed by atoms with Crippen LogP contribution in [0.2, 0.25) is 0 Å². The van der Waals surface area contributed by atoms with Gasteiger partial charge in [0, 0.05) is 12.3 Å². The first kappa shape index (κ1) is 12.5. The number of carbonyl (C=O) groups excluding carboxylic acids is 1. The molecular weight excluding hydrogens is 190 g/mol. The van der Waals surface area contributed by atoms with Gasteiger partial charge in [-0.25, -0.2) is 4.79 Å². The number of nitrogens with two attached hydrogens (primary N) is 1. The fourth-order valence-corrected chi connectivity index (χ4v) is 2.81. The minimum absolute atomic E-state index is 0.0330. The summed E-state index contributed by atoms with van der Waals surface area (Å²) < 4.78 is 4.77. The van der Waals surface area contributed by atoms with E-state index in [0.29, 0.717) is 6.04 Å². The molecule has 15 heavy (non-hydrogen) atoms. The van der Waals surface area contributed by atoms with Crippen LogP contribution in [-0.2, 0) is 9.53 Å². The van der Waals surface area contributed by atoms with Crippen LogP contribution in [0.1, 0.15) is 46.0 Å². The predicted octanol–water partition coefficient (Wildman–Crippen LogP) is 1.08. The minimum atomic E-state index is -0.0330. The maximum absolute atomic E-state index is 11.3. The molecule has 0 aromatic carbocycles. The Bertz CT molecular complexity index is 192. The van der Waals surface area contributed by atoms with Crippen LogP contribution in [-0.4, -0.2) is 25.2 Å². The van der Waals surface area contributed by atoms with Crippen LogP contribution < -0.4 is 5.32 Å². The highest BCUT2D eigenvalue weighted by molar-refractivity contribution is 5.74. The van der Waals surface area contributed by atoms with Gasteiger partial charge in [-0.1, -0.05) is 20.3 Å². The molecule has 88 valence electrons. The summed E-state index contributed by atoms with van der Waals surface area (Å²) in [6, 6.07) is 0.802. The Kier molecular flexibility index (Phi) is 5.09. The fourth-order valence-electron chi connectivity index (χ4n) is 2.81. The highest BCUT2D eigenvalue weighted by Gasteiger charge is 2.42. The molecule has 1 saturated carbocycles. The second kappa shape index (κ2) is 6.11. The first-order chi connectivity index (χ1) is 7.31. The van der Waals surface area contributed by atoms with Crippen molar-refractivity contribution in [3.63, 3.8) is 0 Å². The molecule has 0 radical (unpaired) electrons. The zero-order valence-electron chi connectivity index (χ0n) is 10.2. The quantitative estimate of drug-likeness (QED) is 0.664. The van der Waals surface area contributed by atoms with Crippen molar-refractivity contribution in [1.29, 1.82) is 0 Å². The van der Waals surface area contributed by atoms with Crippen LogP contribution in [0.5, 0.6) is 0 Å². The average molecular weight is 214 g/mol. The van der Waals surface area contributed by atoms with Gasteiger partial charge in [-0.05, 0) is 19.3 Å². The van der Waals surface area contributed by atoms with E-state index in [1.807, 2.05) is 13.8 Å². The van der Waals surface area contributed by atoms with E-state index in [1.165, 1.54) is 32.8 Å². The minimum Gasteiger partial charge on any atom is -0.465 e. The molecule has 0 bridgehead atoms. The Hall–Kier alpha value is -0.570. The summed E-state index contributed by atoms with van der Waals surface area (Å²) in [6.07, 6.45) is 6.33. The third kappa shape index (κ3) is 2.94. The van der Waals surface area contributed by atoms with Crippen molar-refractivity contribution in [2.75, 3.05) is 7.11 Å². The summed E-state index contributed by atoms with van der Waals surface area (Å²) >= 11 is 0. The molecule has 0 aromatic heterocycles. The van der Waals surface area contributed by atoms with Gasteiger partial charge >= 0.3 is 5.97 Å². The average Bonchev–Trinajstić information content (AvgIpc) is 2.74. The standard InChI is InChI=1S/C10H17NO2.C2H6/c1-13-10(12)9-6-7-4-2-3-5-8(7)11-9;1-2/h7-9,11H,2-6H2,1H3;1-2H3/p+1/t7-,8?,9?;/m0./s1. The first-order valence-electron chi connectivity index (χ1n) is 6.24. The van der Waals surface area contributed by atoms with Gasteiger partial charge in [-0.2, -0.15) is 0 Å². The molecule has 1 aliphatic carbocycles. The molecule has 3 heteroatoms. The summed E-state index contributed by atoms with van der Waals surface area (Å²) in [5.41, 5.74) is 0. The van der Waals surface area contributed by atoms with E-state index >= 15 is 0 Å². The third-order valence-corrected chi connectivity index (χ3v) is 3.51. The van der Waals surface area contributed by atoms with E-state index in [2.05, 4.69) is 5.32 Å². The number of methoxy groups -OCH3 is 1. The highest BCUT2D eigenvalue weighted by Crippen LogP contribution is 2.29. The molecule has 1 aliphatic heterocycles. The number of quaternary nitrogens is 1. The summed E-state index contributed by atoms with van der Waals surface area (Å²) in [6.45, 7) is 4.00. The van der Waals surface area contributed by atoms with Crippen molar-refractivity contribution < 1.29 is 14.8 Å². The van der Waals surface area contributed by atoms with Crippen LogP contribution in [0.25, 0.3) is 0 Å². The molecular formula is C12H24NO2+. The second-order valence-corrected chi connectivity index (χ2v) is 4.27. The Balaban J connectivity index is 0.000000531. The topological polar surface area (TPSA) is 42.9 Å². The van der Waals surface area contributed by atoms with Crippen molar-refractivity contribution in [2.24, 2.45) is 5.92 Å². The van der Waals surface area contributed by atoms with Gasteiger partial charge in [0.2, 0.25) is 0 Å². The van der Waals surface area contributed by atoms with Crippen LogP contribution in [0, 0.1) is 5.92 Å². The lowest BCUT2D eigenvalue weighted by atomic mass is 9.85. The van der Waals surface area contributed by atoms with Crippen LogP contribution in [0.4, 0.5) is 0 Å². The van der Waals surface area contributed by atoms with Crippen molar-refractivity contribution >= 4 is 5.97 Å². The van der Waals surface area contributed by atoms with E-state index in [9.17, 15) is 4.79 Å². The van der Waals surface area contributed by atoms with Crippen molar-refractivity contribution in [1.82, 2.24) is 0 Å². The fraction of sp³-hybridized carbons (Fsp3) is 0.917. The van der Waals surface area contributed by atoms with E-state index in [1.54, 1.807) is 0 Å². The van der Waals surface area contributed by atoms with E-state index in [4.69, 9.17) is 4.74 Å². The van der Waals surface area contributed by atoms with Crippen LogP contribution in [0.3, 0.4) is 0 Å². The maximum atomic E-state index is 11.3. The molecule has 3 nitrogen and oxygen atoms in total. The van der Waals surface area contributed by atoms with Crippen LogP contribution in [0.15, 0.2) is 0 Å². The van der Waals surface area contributed by atoms with Crippen LogP contribution >= 0.6 is 0 Å².